The van der Waals surface area contributed by atoms with Gasteiger partial charge in [0.15, 0.2) is 0 Å². The first kappa shape index (κ1) is 18.8. The number of nitro groups is 1. The lowest BCUT2D eigenvalue weighted by atomic mass is 9.98. The van der Waals surface area contributed by atoms with Crippen molar-refractivity contribution >= 4 is 28.7 Å². The lowest BCUT2D eigenvalue weighted by Gasteiger charge is -2.33. The zero-order valence-electron chi connectivity index (χ0n) is 15.0. The summed E-state index contributed by atoms with van der Waals surface area (Å²) in [6.07, 6.45) is 1.84. The highest BCUT2D eigenvalue weighted by Gasteiger charge is 2.22. The minimum atomic E-state index is -0.539. The molecular weight excluding hydrogens is 353 g/mol. The maximum atomic E-state index is 14.7. The van der Waals surface area contributed by atoms with E-state index in [1.165, 1.54) is 18.2 Å². The maximum absolute atomic E-state index is 14.7. The number of hydrogen-bond donors (Lipinski definition) is 3. The van der Waals surface area contributed by atoms with Crippen LogP contribution >= 0.6 is 0 Å². The van der Waals surface area contributed by atoms with Crippen molar-refractivity contribution in [3.63, 3.8) is 0 Å². The molecule has 3 N–H and O–H groups in total. The van der Waals surface area contributed by atoms with E-state index in [0.29, 0.717) is 23.7 Å². The van der Waals surface area contributed by atoms with Crippen LogP contribution in [0.5, 0.6) is 0 Å². The highest BCUT2D eigenvalue weighted by molar-refractivity contribution is 5.69. The van der Waals surface area contributed by atoms with Crippen molar-refractivity contribution in [3.8, 4) is 0 Å². The molecule has 3 rings (SSSR count). The first-order valence-electron chi connectivity index (χ1n) is 8.77. The molecule has 9 heteroatoms. The molecule has 0 spiro atoms. The van der Waals surface area contributed by atoms with E-state index in [0.717, 1.165) is 19.4 Å². The number of pyridine rings is 1. The van der Waals surface area contributed by atoms with Gasteiger partial charge in [-0.05, 0) is 43.0 Å². The first-order chi connectivity index (χ1) is 13.0. The van der Waals surface area contributed by atoms with E-state index in [4.69, 9.17) is 0 Å². The molecule has 1 saturated heterocycles. The summed E-state index contributed by atoms with van der Waals surface area (Å²) in [5.41, 5.74) is 0.640. The molecule has 1 aromatic heterocycles. The molecule has 27 heavy (non-hydrogen) atoms. The molecule has 1 aliphatic heterocycles. The van der Waals surface area contributed by atoms with Crippen molar-refractivity contribution in [2.75, 3.05) is 42.3 Å². The molecular formula is C18H22FN5O3. The Hall–Kier alpha value is -2.94. The van der Waals surface area contributed by atoms with Gasteiger partial charge in [-0.15, -0.1) is 0 Å². The topological polar surface area (TPSA) is 104 Å². The molecule has 0 saturated carbocycles. The number of halogens is 1. The van der Waals surface area contributed by atoms with E-state index >= 15 is 0 Å². The Bertz CT molecular complexity index is 833. The zero-order valence-corrected chi connectivity index (χ0v) is 15.0. The third-order valence-electron chi connectivity index (χ3n) is 4.66. The third kappa shape index (κ3) is 4.25. The normalized spacial score (nSPS) is 16.9. The van der Waals surface area contributed by atoms with E-state index in [-0.39, 0.29) is 24.0 Å². The first-order valence-corrected chi connectivity index (χ1v) is 8.77. The molecule has 8 nitrogen and oxygen atoms in total. The van der Waals surface area contributed by atoms with Crippen molar-refractivity contribution < 1.29 is 14.4 Å². The molecule has 1 atom stereocenters. The number of aliphatic hydroxyl groups excluding tert-OH is 1. The van der Waals surface area contributed by atoms with Crippen LogP contribution in [-0.2, 0) is 0 Å². The fourth-order valence-electron chi connectivity index (χ4n) is 3.24. The Kier molecular flexibility index (Phi) is 5.70. The van der Waals surface area contributed by atoms with Crippen LogP contribution in [-0.4, -0.2) is 41.8 Å². The average Bonchev–Trinajstić information content (AvgIpc) is 2.67. The van der Waals surface area contributed by atoms with Gasteiger partial charge in [0.05, 0.1) is 10.6 Å². The average molecular weight is 375 g/mol. The summed E-state index contributed by atoms with van der Waals surface area (Å²) in [6, 6.07) is 7.45. The second-order valence-corrected chi connectivity index (χ2v) is 6.50. The Morgan fingerprint density at radius 1 is 1.41 bits per heavy atom. The Balaban J connectivity index is 1.83. The number of nitrogens with one attached hydrogen (secondary N) is 2. The van der Waals surface area contributed by atoms with Crippen LogP contribution in [0.15, 0.2) is 30.3 Å². The number of anilines is 4. The van der Waals surface area contributed by atoms with Crippen molar-refractivity contribution in [1.82, 2.24) is 4.98 Å². The van der Waals surface area contributed by atoms with Crippen molar-refractivity contribution in [1.29, 1.82) is 0 Å². The molecule has 2 aromatic rings. The standard InChI is InChI=1S/C18H22FN5O3/c1-20-17-7-6-16(24(26)27)18(22-17)21-13-4-5-15(14(19)9-13)23-8-2-3-12(10-23)11-25/h4-7,9,12,25H,2-3,8,10-11H2,1H3,(H2,20,21,22). The van der Waals surface area contributed by atoms with Crippen LogP contribution in [0.25, 0.3) is 0 Å². The van der Waals surface area contributed by atoms with Gasteiger partial charge in [0.2, 0.25) is 5.82 Å². The van der Waals surface area contributed by atoms with E-state index in [1.807, 2.05) is 4.90 Å². The number of piperidine rings is 1. The van der Waals surface area contributed by atoms with Crippen LogP contribution in [0.1, 0.15) is 12.8 Å². The second-order valence-electron chi connectivity index (χ2n) is 6.50. The molecule has 0 amide bonds. The van der Waals surface area contributed by atoms with Gasteiger partial charge in [-0.3, -0.25) is 10.1 Å². The van der Waals surface area contributed by atoms with Gasteiger partial charge in [-0.25, -0.2) is 9.37 Å². The monoisotopic (exact) mass is 375 g/mol. The zero-order chi connectivity index (χ0) is 19.4. The predicted octanol–water partition coefficient (Wildman–Crippen LogP) is 3.12. The number of nitrogens with zero attached hydrogens (tertiary/aromatic N) is 3. The largest absolute Gasteiger partial charge is 0.396 e. The number of benzene rings is 1. The molecule has 0 radical (unpaired) electrons. The molecule has 1 aliphatic rings. The SMILES string of the molecule is CNc1ccc([N+](=O)[O-])c(Nc2ccc(N3CCCC(CO)C3)c(F)c2)n1. The summed E-state index contributed by atoms with van der Waals surface area (Å²) in [7, 11) is 1.66. The van der Waals surface area contributed by atoms with Crippen molar-refractivity contribution in [3.05, 3.63) is 46.3 Å². The summed E-state index contributed by atoms with van der Waals surface area (Å²) in [4.78, 5) is 16.7. The summed E-state index contributed by atoms with van der Waals surface area (Å²) < 4.78 is 14.7. The highest BCUT2D eigenvalue weighted by Crippen LogP contribution is 2.31. The minimum Gasteiger partial charge on any atom is -0.396 e. The quantitative estimate of drug-likeness (QED) is 0.526. The number of aliphatic hydroxyl groups is 1. The molecule has 2 heterocycles. The van der Waals surface area contributed by atoms with E-state index in [9.17, 15) is 19.6 Å². The summed E-state index contributed by atoms with van der Waals surface area (Å²) in [5.74, 6) is 0.221. The fraction of sp³-hybridized carbons (Fsp3) is 0.389. The highest BCUT2D eigenvalue weighted by atomic mass is 19.1. The Labute approximate surface area is 156 Å². The number of hydrogen-bond acceptors (Lipinski definition) is 7. The number of rotatable bonds is 6. The molecule has 0 bridgehead atoms. The van der Waals surface area contributed by atoms with Gasteiger partial charge in [-0.2, -0.15) is 0 Å². The van der Waals surface area contributed by atoms with Gasteiger partial charge in [0, 0.05) is 38.5 Å². The van der Waals surface area contributed by atoms with Gasteiger partial charge in [-0.1, -0.05) is 0 Å². The molecule has 0 aliphatic carbocycles. The van der Waals surface area contributed by atoms with E-state index in [1.54, 1.807) is 19.2 Å². The lowest BCUT2D eigenvalue weighted by molar-refractivity contribution is -0.384. The van der Waals surface area contributed by atoms with Crippen LogP contribution in [0, 0.1) is 21.8 Å². The van der Waals surface area contributed by atoms with Crippen molar-refractivity contribution in [2.24, 2.45) is 5.92 Å². The third-order valence-corrected chi connectivity index (χ3v) is 4.66. The van der Waals surface area contributed by atoms with E-state index < -0.39 is 10.7 Å². The van der Waals surface area contributed by atoms with Crippen LogP contribution in [0.4, 0.5) is 33.1 Å². The molecule has 1 fully saturated rings. The molecule has 144 valence electrons. The van der Waals surface area contributed by atoms with Gasteiger partial charge >= 0.3 is 5.69 Å². The lowest BCUT2D eigenvalue weighted by Crippen LogP contribution is -2.37. The second kappa shape index (κ2) is 8.17. The predicted molar refractivity (Wildman–Crippen MR) is 102 cm³/mol. The van der Waals surface area contributed by atoms with Crippen LogP contribution in [0.2, 0.25) is 0 Å². The van der Waals surface area contributed by atoms with Crippen LogP contribution < -0.4 is 15.5 Å². The Morgan fingerprint density at radius 2 is 2.22 bits per heavy atom. The summed E-state index contributed by atoms with van der Waals surface area (Å²) in [5, 5.41) is 26.2. The summed E-state index contributed by atoms with van der Waals surface area (Å²) in [6.45, 7) is 1.43. The number of aromatic nitrogens is 1. The summed E-state index contributed by atoms with van der Waals surface area (Å²) >= 11 is 0. The van der Waals surface area contributed by atoms with Crippen LogP contribution in [0.3, 0.4) is 0 Å². The van der Waals surface area contributed by atoms with Crippen molar-refractivity contribution in [2.45, 2.75) is 12.8 Å². The smallest absolute Gasteiger partial charge is 0.311 e. The fourth-order valence-corrected chi connectivity index (χ4v) is 3.24. The van der Waals surface area contributed by atoms with Gasteiger partial charge in [0.25, 0.3) is 0 Å². The van der Waals surface area contributed by atoms with E-state index in [2.05, 4.69) is 15.6 Å². The molecule has 1 aromatic carbocycles. The maximum Gasteiger partial charge on any atom is 0.311 e. The van der Waals surface area contributed by atoms with Gasteiger partial charge in [0.1, 0.15) is 11.6 Å². The minimum absolute atomic E-state index is 0.0392. The molecule has 1 unspecified atom stereocenters. The Morgan fingerprint density at radius 3 is 2.89 bits per heavy atom. The van der Waals surface area contributed by atoms with Gasteiger partial charge < -0.3 is 20.6 Å².